The van der Waals surface area contributed by atoms with Crippen molar-refractivity contribution in [2.24, 2.45) is 7.05 Å². The van der Waals surface area contributed by atoms with Crippen molar-refractivity contribution in [2.75, 3.05) is 20.2 Å². The van der Waals surface area contributed by atoms with E-state index in [4.69, 9.17) is 4.74 Å². The molecule has 35 heavy (non-hydrogen) atoms. The van der Waals surface area contributed by atoms with Crippen molar-refractivity contribution in [1.82, 2.24) is 34.6 Å². The number of carbonyl (C=O) groups is 1. The molecule has 5 heterocycles. The van der Waals surface area contributed by atoms with Crippen LogP contribution in [0.2, 0.25) is 0 Å². The molecule has 0 saturated heterocycles. The van der Waals surface area contributed by atoms with Gasteiger partial charge in [-0.05, 0) is 24.1 Å². The molecule has 0 spiro atoms. The average molecular weight is 469 g/mol. The number of hydrogen-bond donors (Lipinski definition) is 1. The van der Waals surface area contributed by atoms with Gasteiger partial charge < -0.3 is 15.0 Å². The number of nitrogens with zero attached hydrogens (tertiary/aromatic N) is 7. The summed E-state index contributed by atoms with van der Waals surface area (Å²) in [6, 6.07) is 7.53. The smallest absolute Gasteiger partial charge is 0.318 e. The Morgan fingerprint density at radius 2 is 2.06 bits per heavy atom. The van der Waals surface area contributed by atoms with Gasteiger partial charge in [-0.2, -0.15) is 15.5 Å². The Hall–Kier alpha value is -4.65. The van der Waals surface area contributed by atoms with Crippen molar-refractivity contribution in [1.29, 1.82) is 5.26 Å². The van der Waals surface area contributed by atoms with Crippen LogP contribution in [-0.2, 0) is 7.05 Å². The van der Waals surface area contributed by atoms with E-state index in [-0.39, 0.29) is 12.1 Å². The van der Waals surface area contributed by atoms with Crippen LogP contribution in [0.3, 0.4) is 0 Å². The Morgan fingerprint density at radius 3 is 2.74 bits per heavy atom. The monoisotopic (exact) mass is 468 g/mol. The Morgan fingerprint density at radius 1 is 1.20 bits per heavy atom. The zero-order valence-electron chi connectivity index (χ0n) is 19.6. The van der Waals surface area contributed by atoms with Gasteiger partial charge in [0, 0.05) is 61.5 Å². The van der Waals surface area contributed by atoms with Crippen LogP contribution in [0.4, 0.5) is 4.79 Å². The van der Waals surface area contributed by atoms with Gasteiger partial charge in [0.05, 0.1) is 36.6 Å². The highest BCUT2D eigenvalue weighted by Gasteiger charge is 2.25. The first-order valence-corrected chi connectivity index (χ1v) is 11.1. The number of amides is 2. The third kappa shape index (κ3) is 4.19. The first kappa shape index (κ1) is 22.2. The Bertz CT molecular complexity index is 1480. The topological polar surface area (TPSA) is 113 Å². The summed E-state index contributed by atoms with van der Waals surface area (Å²) < 4.78 is 8.56. The fourth-order valence-corrected chi connectivity index (χ4v) is 4.21. The second-order valence-corrected chi connectivity index (χ2v) is 8.42. The van der Waals surface area contributed by atoms with E-state index in [1.807, 2.05) is 44.6 Å². The lowest BCUT2D eigenvalue weighted by atomic mass is 10.0. The van der Waals surface area contributed by atoms with E-state index in [0.717, 1.165) is 33.3 Å². The molecule has 0 bridgehead atoms. The predicted octanol–water partition coefficient (Wildman–Crippen LogP) is 3.18. The molecule has 0 unspecified atom stereocenters. The van der Waals surface area contributed by atoms with Gasteiger partial charge in [-0.25, -0.2) is 14.3 Å². The maximum absolute atomic E-state index is 13.0. The summed E-state index contributed by atoms with van der Waals surface area (Å²) in [5, 5.41) is 21.3. The number of aryl methyl sites for hydroxylation is 1. The first-order valence-electron chi connectivity index (χ1n) is 11.1. The molecule has 1 N–H and O–H groups in total. The summed E-state index contributed by atoms with van der Waals surface area (Å²) >= 11 is 0. The van der Waals surface area contributed by atoms with Crippen molar-refractivity contribution in [3.8, 4) is 23.1 Å². The number of urea groups is 1. The molecule has 10 heteroatoms. The molecule has 1 atom stereocenters. The number of aromatic nitrogens is 5. The standard InChI is InChI=1S/C25H24N8O2/c1-16(17-4-5-23(35-3)27-10-17)30-25(34)32-7-6-18(14-32)22-8-19(21-12-28-31(2)13-21)15-33-24(22)20(9-26)11-29-33/h4-6,8,10-13,15-16H,7,14H2,1-3H3,(H,30,34)/t16-/m1/s1. The molecule has 0 fully saturated rings. The van der Waals surface area contributed by atoms with Crippen LogP contribution < -0.4 is 10.1 Å². The second-order valence-electron chi connectivity index (χ2n) is 8.42. The minimum Gasteiger partial charge on any atom is -0.481 e. The van der Waals surface area contributed by atoms with E-state index in [9.17, 15) is 10.1 Å². The highest BCUT2D eigenvalue weighted by molar-refractivity contribution is 5.89. The molecule has 4 aromatic heterocycles. The van der Waals surface area contributed by atoms with Crippen molar-refractivity contribution in [2.45, 2.75) is 13.0 Å². The average Bonchev–Trinajstić information content (AvgIpc) is 3.63. The molecule has 1 aliphatic heterocycles. The summed E-state index contributed by atoms with van der Waals surface area (Å²) in [7, 11) is 3.43. The Kier molecular flexibility index (Phi) is 5.66. The molecular weight excluding hydrogens is 444 g/mol. The molecule has 10 nitrogen and oxygen atoms in total. The van der Waals surface area contributed by atoms with Crippen molar-refractivity contribution < 1.29 is 9.53 Å². The third-order valence-corrected chi connectivity index (χ3v) is 6.13. The lowest BCUT2D eigenvalue weighted by Crippen LogP contribution is -2.39. The molecule has 0 aliphatic carbocycles. The molecular formula is C25H24N8O2. The van der Waals surface area contributed by atoms with Gasteiger partial charge in [0.15, 0.2) is 0 Å². The number of fused-ring (bicyclic) bond motifs is 1. The normalized spacial score (nSPS) is 14.0. The van der Waals surface area contributed by atoms with Crippen LogP contribution in [0.1, 0.15) is 29.7 Å². The molecule has 5 rings (SSSR count). The van der Waals surface area contributed by atoms with Crippen LogP contribution in [0.5, 0.6) is 5.88 Å². The molecule has 2 amide bonds. The van der Waals surface area contributed by atoms with Gasteiger partial charge in [-0.15, -0.1) is 0 Å². The maximum atomic E-state index is 13.0. The maximum Gasteiger partial charge on any atom is 0.318 e. The molecule has 4 aromatic rings. The zero-order valence-corrected chi connectivity index (χ0v) is 19.6. The lowest BCUT2D eigenvalue weighted by molar-refractivity contribution is 0.207. The van der Waals surface area contributed by atoms with E-state index in [1.54, 1.807) is 45.9 Å². The summed E-state index contributed by atoms with van der Waals surface area (Å²) in [6.07, 6.45) is 10.9. The van der Waals surface area contributed by atoms with Gasteiger partial charge in [0.25, 0.3) is 0 Å². The number of methoxy groups -OCH3 is 1. The molecule has 0 radical (unpaired) electrons. The molecule has 0 saturated carbocycles. The van der Waals surface area contributed by atoms with Crippen molar-refractivity contribution >= 4 is 17.1 Å². The Labute approximate surface area is 202 Å². The number of ether oxygens (including phenoxy) is 1. The van der Waals surface area contributed by atoms with E-state index >= 15 is 0 Å². The van der Waals surface area contributed by atoms with Crippen LogP contribution in [-0.4, -0.2) is 55.5 Å². The van der Waals surface area contributed by atoms with Crippen LogP contribution in [0.15, 0.2) is 55.3 Å². The highest BCUT2D eigenvalue weighted by Crippen LogP contribution is 2.31. The zero-order chi connectivity index (χ0) is 24.5. The summed E-state index contributed by atoms with van der Waals surface area (Å²) in [5.74, 6) is 0.525. The van der Waals surface area contributed by atoms with Gasteiger partial charge >= 0.3 is 6.03 Å². The van der Waals surface area contributed by atoms with Gasteiger partial charge in [0.1, 0.15) is 6.07 Å². The second kappa shape index (κ2) is 8.95. The third-order valence-electron chi connectivity index (χ3n) is 6.13. The fraction of sp³-hybridized carbons (Fsp3) is 0.240. The quantitative estimate of drug-likeness (QED) is 0.481. The highest BCUT2D eigenvalue weighted by atomic mass is 16.5. The lowest BCUT2D eigenvalue weighted by Gasteiger charge is -2.21. The molecule has 176 valence electrons. The van der Waals surface area contributed by atoms with Gasteiger partial charge in [-0.1, -0.05) is 12.1 Å². The van der Waals surface area contributed by atoms with E-state index in [1.165, 1.54) is 0 Å². The molecule has 0 aromatic carbocycles. The Balaban J connectivity index is 1.38. The van der Waals surface area contributed by atoms with Crippen LogP contribution in [0.25, 0.3) is 22.2 Å². The van der Waals surface area contributed by atoms with Crippen LogP contribution >= 0.6 is 0 Å². The number of pyridine rings is 2. The molecule has 1 aliphatic rings. The number of hydrogen-bond acceptors (Lipinski definition) is 6. The summed E-state index contributed by atoms with van der Waals surface area (Å²) in [4.78, 5) is 19.0. The summed E-state index contributed by atoms with van der Waals surface area (Å²) in [6.45, 7) is 2.80. The number of carbonyl (C=O) groups excluding carboxylic acids is 1. The van der Waals surface area contributed by atoms with Crippen molar-refractivity contribution in [3.05, 3.63) is 71.9 Å². The van der Waals surface area contributed by atoms with Crippen LogP contribution in [0, 0.1) is 11.3 Å². The van der Waals surface area contributed by atoms with E-state index < -0.39 is 0 Å². The van der Waals surface area contributed by atoms with Gasteiger partial charge in [0.2, 0.25) is 5.88 Å². The van der Waals surface area contributed by atoms with Gasteiger partial charge in [-0.3, -0.25) is 4.68 Å². The predicted molar refractivity (Wildman–Crippen MR) is 129 cm³/mol. The number of rotatable bonds is 5. The van der Waals surface area contributed by atoms with Crippen molar-refractivity contribution in [3.63, 3.8) is 0 Å². The minimum absolute atomic E-state index is 0.173. The SMILES string of the molecule is COc1ccc([C@@H](C)NC(=O)N2CC=C(c3cc(-c4cnn(C)c4)cn4ncc(C#N)c34)C2)cn1. The largest absolute Gasteiger partial charge is 0.481 e. The first-order chi connectivity index (χ1) is 17.0. The van der Waals surface area contributed by atoms with E-state index in [2.05, 4.69) is 26.6 Å². The number of nitrogens with one attached hydrogen (secondary N) is 1. The number of nitriles is 1. The fourth-order valence-electron chi connectivity index (χ4n) is 4.21. The summed E-state index contributed by atoms with van der Waals surface area (Å²) in [5.41, 5.74) is 5.82. The van der Waals surface area contributed by atoms with E-state index in [0.29, 0.717) is 24.5 Å². The minimum atomic E-state index is -0.217.